The van der Waals surface area contributed by atoms with E-state index in [2.05, 4.69) is 36.0 Å². The monoisotopic (exact) mass is 636 g/mol. The minimum atomic E-state index is -0.592. The molecule has 0 radical (unpaired) electrons. The maximum absolute atomic E-state index is 10.9. The van der Waals surface area contributed by atoms with E-state index in [0.29, 0.717) is 41.3 Å². The van der Waals surface area contributed by atoms with Gasteiger partial charge in [0.05, 0.1) is 0 Å². The summed E-state index contributed by atoms with van der Waals surface area (Å²) in [4.78, 5) is 24.5. The first-order valence-corrected chi connectivity index (χ1v) is 15.2. The Bertz CT molecular complexity index is 1430. The molecule has 41 heavy (non-hydrogen) atoms. The second-order valence-corrected chi connectivity index (χ2v) is 12.2. The van der Waals surface area contributed by atoms with Crippen molar-refractivity contribution in [3.05, 3.63) is 70.3 Å². The number of benzene rings is 2. The molecule has 0 bridgehead atoms. The van der Waals surface area contributed by atoms with Gasteiger partial charge in [-0.1, -0.05) is 45.6 Å². The highest BCUT2D eigenvalue weighted by Gasteiger charge is 2.59. The minimum Gasteiger partial charge on any atom is -0.384 e. The first-order chi connectivity index (χ1) is 19.9. The van der Waals surface area contributed by atoms with Crippen LogP contribution in [0.3, 0.4) is 0 Å². The molecule has 216 valence electrons. The van der Waals surface area contributed by atoms with Crippen molar-refractivity contribution in [2.45, 2.75) is 11.8 Å². The molecule has 2 N–H and O–H groups in total. The molecule has 7 rings (SSSR count). The number of amidine groups is 1. The smallest absolute Gasteiger partial charge is 0.349 e. The fourth-order valence-corrected chi connectivity index (χ4v) is 6.81. The minimum absolute atomic E-state index is 0.198. The second-order valence-electron chi connectivity index (χ2n) is 10.8. The maximum atomic E-state index is 10.9. The number of anilines is 2. The molecular formula is C28H28Cl4N6O3. The van der Waals surface area contributed by atoms with Gasteiger partial charge in [0.15, 0.2) is 5.82 Å². The van der Waals surface area contributed by atoms with Gasteiger partial charge in [-0.15, -0.1) is 23.2 Å². The molecule has 13 heteroatoms. The lowest BCUT2D eigenvalue weighted by Crippen LogP contribution is -2.28. The van der Waals surface area contributed by atoms with Crippen molar-refractivity contribution in [2.24, 2.45) is 40.5 Å². The summed E-state index contributed by atoms with van der Waals surface area (Å²) in [6.07, 6.45) is 0. The van der Waals surface area contributed by atoms with Crippen molar-refractivity contribution in [1.82, 2.24) is 10.1 Å². The zero-order valence-corrected chi connectivity index (χ0v) is 24.9. The van der Waals surface area contributed by atoms with E-state index in [9.17, 15) is 4.79 Å². The van der Waals surface area contributed by atoms with Crippen LogP contribution in [0.1, 0.15) is 17.6 Å². The Hall–Kier alpha value is -2.72. The average molecular weight is 638 g/mol. The van der Waals surface area contributed by atoms with Crippen LogP contribution in [0, 0.1) is 29.6 Å². The van der Waals surface area contributed by atoms with Crippen molar-refractivity contribution in [1.29, 1.82) is 0 Å². The Morgan fingerprint density at radius 2 is 1.51 bits per heavy atom. The lowest BCUT2D eigenvalue weighted by atomic mass is 10.2. The van der Waals surface area contributed by atoms with Crippen molar-refractivity contribution in [3.63, 3.8) is 0 Å². The van der Waals surface area contributed by atoms with Gasteiger partial charge < -0.3 is 24.9 Å². The third-order valence-electron chi connectivity index (χ3n) is 8.33. The summed E-state index contributed by atoms with van der Waals surface area (Å²) in [5.41, 5.74) is 8.19. The Morgan fingerprint density at radius 3 is 2.00 bits per heavy atom. The van der Waals surface area contributed by atoms with E-state index in [0.717, 1.165) is 47.7 Å². The topological polar surface area (TPSA) is 110 Å². The first-order valence-electron chi connectivity index (χ1n) is 13.3. The predicted octanol–water partition coefficient (Wildman–Crippen LogP) is 5.39. The van der Waals surface area contributed by atoms with E-state index in [1.165, 1.54) is 5.69 Å². The van der Waals surface area contributed by atoms with E-state index in [4.69, 9.17) is 56.7 Å². The number of aromatic nitrogens is 2. The summed E-state index contributed by atoms with van der Waals surface area (Å²) < 4.78 is 5.08. The molecule has 0 spiro atoms. The second kappa shape index (κ2) is 11.9. The van der Waals surface area contributed by atoms with Crippen LogP contribution >= 0.6 is 46.4 Å². The van der Waals surface area contributed by atoms with Crippen molar-refractivity contribution in [3.8, 4) is 0 Å². The highest BCUT2D eigenvalue weighted by Crippen LogP contribution is 2.58. The largest absolute Gasteiger partial charge is 0.384 e. The Balaban J connectivity index is 0.000000148. The lowest BCUT2D eigenvalue weighted by molar-refractivity contribution is -0.140. The summed E-state index contributed by atoms with van der Waals surface area (Å²) in [5, 5.41) is 9.22. The molecule has 2 saturated heterocycles. The number of carbonyl (C=O) groups is 1. The summed E-state index contributed by atoms with van der Waals surface area (Å²) in [5.74, 6) is 3.98. The van der Waals surface area contributed by atoms with Crippen molar-refractivity contribution >= 4 is 69.6 Å². The van der Waals surface area contributed by atoms with Crippen LogP contribution in [0.5, 0.6) is 0 Å². The molecule has 4 unspecified atom stereocenters. The summed E-state index contributed by atoms with van der Waals surface area (Å²) in [6, 6.07) is 15.8. The number of halogens is 4. The van der Waals surface area contributed by atoms with Crippen LogP contribution in [0.4, 0.5) is 11.4 Å². The highest BCUT2D eigenvalue weighted by molar-refractivity contribution is 6.31. The number of rotatable bonds is 7. The fourth-order valence-electron chi connectivity index (χ4n) is 6.29. The van der Waals surface area contributed by atoms with Gasteiger partial charge in [-0.2, -0.15) is 4.98 Å². The standard InChI is InChI=1S/C14H15Cl2N3O2.C14H13Cl2N3O/c15-5-12(20)21-18-14(17)13-10-6-19(7-11(10)13)9-3-1-2-8(16)4-9;15-5-12-17-14(18-20-12)13-10-6-19(7-11(10)13)9-3-1-2-8(16)4-9/h1-4,10-11,13H,5-7H2,(H2,17,18);1-4,10-11,13H,5-7H2. The van der Waals surface area contributed by atoms with Gasteiger partial charge in [-0.3, -0.25) is 0 Å². The van der Waals surface area contributed by atoms with Crippen LogP contribution in [-0.4, -0.2) is 54.0 Å². The number of alkyl halides is 2. The third kappa shape index (κ3) is 6.09. The summed E-state index contributed by atoms with van der Waals surface area (Å²) in [7, 11) is 0. The quantitative estimate of drug-likeness (QED) is 0.121. The molecule has 9 nitrogen and oxygen atoms in total. The molecule has 2 aromatic carbocycles. The number of hydrogen-bond acceptors (Lipinski definition) is 8. The van der Waals surface area contributed by atoms with Crippen LogP contribution in [-0.2, 0) is 15.5 Å². The van der Waals surface area contributed by atoms with Crippen molar-refractivity contribution in [2.75, 3.05) is 41.9 Å². The van der Waals surface area contributed by atoms with Gasteiger partial charge in [0, 0.05) is 59.4 Å². The first kappa shape index (κ1) is 28.4. The number of oxime groups is 1. The predicted molar refractivity (Wildman–Crippen MR) is 160 cm³/mol. The zero-order valence-electron chi connectivity index (χ0n) is 21.9. The Labute approximate surface area is 257 Å². The number of carbonyl (C=O) groups excluding carboxylic acids is 1. The van der Waals surface area contributed by atoms with E-state index in [1.807, 2.05) is 42.5 Å². The normalized spacial score (nSPS) is 27.6. The maximum Gasteiger partial charge on any atom is 0.349 e. The molecule has 4 aliphatic rings. The number of hydrogen-bond donors (Lipinski definition) is 1. The lowest BCUT2D eigenvalue weighted by Gasteiger charge is -2.22. The summed E-state index contributed by atoms with van der Waals surface area (Å²) >= 11 is 23.1. The Morgan fingerprint density at radius 1 is 0.951 bits per heavy atom. The SMILES string of the molecule is ClCc1nc(C2C3CN(c4cccc(Cl)c4)CC32)no1.N/C(=N\OC(=O)CCl)C1C2CN(c3cccc(Cl)c3)CC21. The molecule has 3 aromatic rings. The summed E-state index contributed by atoms with van der Waals surface area (Å²) in [6.45, 7) is 3.88. The molecule has 0 amide bonds. The van der Waals surface area contributed by atoms with Gasteiger partial charge in [0.25, 0.3) is 0 Å². The van der Waals surface area contributed by atoms with Crippen LogP contribution in [0.15, 0.2) is 58.2 Å². The third-order valence-corrected chi connectivity index (χ3v) is 9.25. The van der Waals surface area contributed by atoms with E-state index in [1.54, 1.807) is 0 Å². The van der Waals surface area contributed by atoms with Gasteiger partial charge in [-0.05, 0) is 60.1 Å². The molecule has 2 aliphatic carbocycles. The van der Waals surface area contributed by atoms with E-state index in [-0.39, 0.29) is 17.7 Å². The van der Waals surface area contributed by atoms with Crippen LogP contribution < -0.4 is 15.5 Å². The highest BCUT2D eigenvalue weighted by atomic mass is 35.5. The Kier molecular flexibility index (Phi) is 8.23. The molecule has 4 fully saturated rings. The van der Waals surface area contributed by atoms with Crippen molar-refractivity contribution < 1.29 is 14.2 Å². The fraction of sp³-hybridized carbons (Fsp3) is 0.429. The zero-order chi connectivity index (χ0) is 28.7. The van der Waals surface area contributed by atoms with Gasteiger partial charge in [0.1, 0.15) is 17.6 Å². The molecule has 4 atom stereocenters. The number of nitrogens with two attached hydrogens (primary N) is 1. The molecule has 2 saturated carbocycles. The number of fused-ring (bicyclic) bond motifs is 2. The molecular weight excluding hydrogens is 610 g/mol. The van der Waals surface area contributed by atoms with E-state index >= 15 is 0 Å². The molecule has 1 aromatic heterocycles. The number of nitrogens with zero attached hydrogens (tertiary/aromatic N) is 5. The molecule has 3 heterocycles. The van der Waals surface area contributed by atoms with Gasteiger partial charge >= 0.3 is 5.97 Å². The van der Waals surface area contributed by atoms with Crippen LogP contribution in [0.25, 0.3) is 0 Å². The van der Waals surface area contributed by atoms with E-state index < -0.39 is 5.97 Å². The number of piperidine rings is 2. The molecule has 2 aliphatic heterocycles. The van der Waals surface area contributed by atoms with Crippen LogP contribution in [0.2, 0.25) is 10.0 Å². The van der Waals surface area contributed by atoms with Gasteiger partial charge in [-0.25, -0.2) is 4.79 Å². The average Bonchev–Trinajstić information content (AvgIpc) is 3.52. The van der Waals surface area contributed by atoms with Gasteiger partial charge in [0.2, 0.25) is 5.89 Å².